The molecule has 1 aliphatic heterocycles. The van der Waals surface area contributed by atoms with Crippen LogP contribution in [0, 0.1) is 5.92 Å². The molecule has 1 saturated heterocycles. The molecule has 8 heteroatoms. The summed E-state index contributed by atoms with van der Waals surface area (Å²) >= 11 is 0. The largest absolute Gasteiger partial charge is 0.384 e. The molecule has 0 amide bonds. The van der Waals surface area contributed by atoms with Crippen LogP contribution in [-0.4, -0.2) is 37.5 Å². The number of nitrogens with two attached hydrogens (primary N) is 2. The van der Waals surface area contributed by atoms with Gasteiger partial charge in [-0.05, 0) is 44.0 Å². The monoisotopic (exact) mass is 392 g/mol. The summed E-state index contributed by atoms with van der Waals surface area (Å²) in [5.41, 5.74) is 13.7. The number of anilines is 2. The Kier molecular flexibility index (Phi) is 4.07. The van der Waals surface area contributed by atoms with Gasteiger partial charge in [0.05, 0.1) is 17.5 Å². The van der Waals surface area contributed by atoms with Gasteiger partial charge in [0, 0.05) is 18.3 Å². The lowest BCUT2D eigenvalue weighted by atomic mass is 10.0. The van der Waals surface area contributed by atoms with Crippen LogP contribution in [0.5, 0.6) is 0 Å². The maximum absolute atomic E-state index is 6.31. The van der Waals surface area contributed by atoms with E-state index in [2.05, 4.69) is 31.7 Å². The van der Waals surface area contributed by atoms with E-state index in [9.17, 15) is 0 Å². The van der Waals surface area contributed by atoms with E-state index in [-0.39, 0.29) is 24.2 Å². The van der Waals surface area contributed by atoms with Gasteiger partial charge in [0.1, 0.15) is 29.7 Å². The number of aromatic nitrogens is 4. The van der Waals surface area contributed by atoms with E-state index in [0.29, 0.717) is 11.6 Å². The zero-order valence-corrected chi connectivity index (χ0v) is 16.4. The van der Waals surface area contributed by atoms with Crippen LogP contribution < -0.4 is 11.5 Å². The van der Waals surface area contributed by atoms with Crippen molar-refractivity contribution in [1.29, 1.82) is 0 Å². The van der Waals surface area contributed by atoms with Gasteiger partial charge in [0.15, 0.2) is 5.79 Å². The Balaban J connectivity index is 1.49. The number of nitrogens with zero attached hydrogens (tertiary/aromatic N) is 4. The second-order valence-corrected chi connectivity index (χ2v) is 8.12. The van der Waals surface area contributed by atoms with Crippen molar-refractivity contribution in [2.75, 3.05) is 11.5 Å². The van der Waals surface area contributed by atoms with Gasteiger partial charge < -0.3 is 25.5 Å². The lowest BCUT2D eigenvalue weighted by molar-refractivity contribution is -0.158. The van der Waals surface area contributed by atoms with Crippen molar-refractivity contribution < 1.29 is 9.47 Å². The highest BCUT2D eigenvalue weighted by Crippen LogP contribution is 2.48. The average molecular weight is 392 g/mol. The molecule has 0 bridgehead atoms. The van der Waals surface area contributed by atoms with E-state index in [4.69, 9.17) is 20.9 Å². The summed E-state index contributed by atoms with van der Waals surface area (Å²) in [6.45, 7) is 3.92. The highest BCUT2D eigenvalue weighted by molar-refractivity contribution is 5.86. The highest BCUT2D eigenvalue weighted by atomic mass is 16.8. The van der Waals surface area contributed by atoms with Gasteiger partial charge in [-0.2, -0.15) is 0 Å². The standard InChI is InChI=1S/C21H24N6O2/c1-21(2)28-17-13(4-3-12-5-7-24-16(22)9-12)10-15(18(17)29-21)27-8-6-14-19(23)25-11-26-20(14)27/h3-9,11,13,15,17-18H,10H2,1-2H3,(H2,22,24)(H2,23,25,26)/b4-3+/t13-,15+,17+,18-/m0/s1. The molecular weight excluding hydrogens is 368 g/mol. The molecule has 8 nitrogen and oxygen atoms in total. The number of hydrogen-bond acceptors (Lipinski definition) is 7. The minimum atomic E-state index is -0.627. The molecule has 29 heavy (non-hydrogen) atoms. The first-order valence-corrected chi connectivity index (χ1v) is 9.74. The number of pyridine rings is 1. The van der Waals surface area contributed by atoms with E-state index in [0.717, 1.165) is 23.0 Å². The van der Waals surface area contributed by atoms with Crippen molar-refractivity contribution in [2.45, 2.75) is 44.3 Å². The Hall–Kier alpha value is -2.97. The molecule has 0 radical (unpaired) electrons. The molecule has 3 aromatic rings. The molecule has 2 fully saturated rings. The topological polar surface area (TPSA) is 114 Å². The van der Waals surface area contributed by atoms with Gasteiger partial charge in [0.2, 0.25) is 0 Å². The SMILES string of the molecule is CC1(C)O[C@@H]2[C@H](O1)[C@@H](/C=C/c1ccnc(N)c1)C[C@H]2n1ccc2c(N)ncnc21. The molecule has 1 aliphatic carbocycles. The third-order valence-electron chi connectivity index (χ3n) is 5.72. The Labute approximate surface area is 168 Å². The summed E-state index contributed by atoms with van der Waals surface area (Å²) < 4.78 is 14.7. The highest BCUT2D eigenvalue weighted by Gasteiger charge is 2.54. The number of rotatable bonds is 3. The smallest absolute Gasteiger partial charge is 0.163 e. The van der Waals surface area contributed by atoms with Crippen LogP contribution in [-0.2, 0) is 9.47 Å². The lowest BCUT2D eigenvalue weighted by Crippen LogP contribution is -2.27. The molecule has 4 N–H and O–H groups in total. The summed E-state index contributed by atoms with van der Waals surface area (Å²) in [4.78, 5) is 12.6. The normalized spacial score (nSPS) is 28.3. The fourth-order valence-electron chi connectivity index (χ4n) is 4.51. The van der Waals surface area contributed by atoms with Crippen LogP contribution in [0.25, 0.3) is 17.1 Å². The van der Waals surface area contributed by atoms with Gasteiger partial charge in [-0.25, -0.2) is 15.0 Å². The fraction of sp³-hybridized carbons (Fsp3) is 0.381. The van der Waals surface area contributed by atoms with Gasteiger partial charge in [0.25, 0.3) is 0 Å². The number of nitrogen functional groups attached to an aromatic ring is 2. The molecule has 3 aromatic heterocycles. The molecule has 0 aromatic carbocycles. The molecular formula is C21H24N6O2. The summed E-state index contributed by atoms with van der Waals surface area (Å²) in [6, 6.07) is 5.84. The molecule has 5 rings (SSSR count). The van der Waals surface area contributed by atoms with Crippen LogP contribution in [0.2, 0.25) is 0 Å². The van der Waals surface area contributed by atoms with E-state index < -0.39 is 5.79 Å². The quantitative estimate of drug-likeness (QED) is 0.704. The minimum Gasteiger partial charge on any atom is -0.384 e. The molecule has 4 atom stereocenters. The molecule has 2 aliphatic rings. The molecule has 0 unspecified atom stereocenters. The van der Waals surface area contributed by atoms with Crippen LogP contribution in [0.4, 0.5) is 11.6 Å². The summed E-state index contributed by atoms with van der Waals surface area (Å²) in [7, 11) is 0. The van der Waals surface area contributed by atoms with Crippen molar-refractivity contribution in [1.82, 2.24) is 19.5 Å². The van der Waals surface area contributed by atoms with E-state index in [1.54, 1.807) is 6.20 Å². The lowest BCUT2D eigenvalue weighted by Gasteiger charge is -2.24. The third-order valence-corrected chi connectivity index (χ3v) is 5.72. The molecule has 1 saturated carbocycles. The van der Waals surface area contributed by atoms with Gasteiger partial charge >= 0.3 is 0 Å². The van der Waals surface area contributed by atoms with Crippen LogP contribution in [0.1, 0.15) is 31.9 Å². The van der Waals surface area contributed by atoms with Crippen molar-refractivity contribution in [3.05, 3.63) is 48.6 Å². The second kappa shape index (κ2) is 6.53. The molecule has 0 spiro atoms. The Morgan fingerprint density at radius 2 is 1.97 bits per heavy atom. The average Bonchev–Trinajstić information content (AvgIpc) is 3.32. The van der Waals surface area contributed by atoms with Crippen molar-refractivity contribution in [3.63, 3.8) is 0 Å². The first-order chi connectivity index (χ1) is 13.9. The fourth-order valence-corrected chi connectivity index (χ4v) is 4.51. The van der Waals surface area contributed by atoms with E-state index >= 15 is 0 Å². The summed E-state index contributed by atoms with van der Waals surface area (Å²) in [5.74, 6) is 0.557. The Morgan fingerprint density at radius 3 is 2.79 bits per heavy atom. The maximum atomic E-state index is 6.31. The van der Waals surface area contributed by atoms with Gasteiger partial charge in [-0.3, -0.25) is 0 Å². The first-order valence-electron chi connectivity index (χ1n) is 9.74. The van der Waals surface area contributed by atoms with E-state index in [1.807, 2.05) is 38.2 Å². The first kappa shape index (κ1) is 18.1. The van der Waals surface area contributed by atoms with Crippen LogP contribution in [0.3, 0.4) is 0 Å². The minimum absolute atomic E-state index is 0.0398. The van der Waals surface area contributed by atoms with E-state index in [1.165, 1.54) is 6.33 Å². The third kappa shape index (κ3) is 3.14. The molecule has 4 heterocycles. The second-order valence-electron chi connectivity index (χ2n) is 8.12. The zero-order valence-electron chi connectivity index (χ0n) is 16.4. The van der Waals surface area contributed by atoms with Gasteiger partial charge in [-0.1, -0.05) is 12.2 Å². The van der Waals surface area contributed by atoms with Crippen molar-refractivity contribution in [2.24, 2.45) is 5.92 Å². The van der Waals surface area contributed by atoms with Crippen molar-refractivity contribution >= 4 is 28.7 Å². The predicted octanol–water partition coefficient (Wildman–Crippen LogP) is 2.79. The number of ether oxygens (including phenoxy) is 2. The summed E-state index contributed by atoms with van der Waals surface area (Å²) in [5, 5.41) is 0.855. The number of hydrogen-bond donors (Lipinski definition) is 2. The zero-order chi connectivity index (χ0) is 20.2. The van der Waals surface area contributed by atoms with Crippen LogP contribution >= 0.6 is 0 Å². The Morgan fingerprint density at radius 1 is 1.14 bits per heavy atom. The maximum Gasteiger partial charge on any atom is 0.163 e. The Bertz CT molecular complexity index is 1090. The van der Waals surface area contributed by atoms with Gasteiger partial charge in [-0.15, -0.1) is 0 Å². The van der Waals surface area contributed by atoms with Crippen molar-refractivity contribution in [3.8, 4) is 0 Å². The number of fused-ring (bicyclic) bond motifs is 2. The predicted molar refractivity (Wildman–Crippen MR) is 111 cm³/mol. The molecule has 150 valence electrons. The van der Waals surface area contributed by atoms with Crippen LogP contribution in [0.15, 0.2) is 43.0 Å². The summed E-state index contributed by atoms with van der Waals surface area (Å²) in [6.07, 6.45) is 10.2.